The Balaban J connectivity index is 1.91. The number of methoxy groups -OCH3 is 1. The molecule has 0 aliphatic rings. The molecule has 0 bridgehead atoms. The lowest BCUT2D eigenvalue weighted by Crippen LogP contribution is -2.27. The van der Waals surface area contributed by atoms with Gasteiger partial charge in [-0.3, -0.25) is 5.14 Å². The fourth-order valence-electron chi connectivity index (χ4n) is 2.25. The Hall–Kier alpha value is -1.49. The Morgan fingerprint density at radius 1 is 1.14 bits per heavy atom. The summed E-state index contributed by atoms with van der Waals surface area (Å²) in [6.45, 7) is 3.08. The lowest BCUT2D eigenvalue weighted by Gasteiger charge is -2.15. The number of ether oxygens (including phenoxy) is 1. The van der Waals surface area contributed by atoms with Crippen LogP contribution in [-0.4, -0.2) is 13.2 Å². The predicted octanol–water partition coefficient (Wildman–Crippen LogP) is 3.38. The number of nitrogens with two attached hydrogens (primary N) is 1. The molecule has 0 radical (unpaired) electrons. The van der Waals surface area contributed by atoms with Gasteiger partial charge in [0.15, 0.2) is 0 Å². The van der Waals surface area contributed by atoms with Gasteiger partial charge in [-0.1, -0.05) is 36.4 Å². The van der Waals surface area contributed by atoms with Gasteiger partial charge >= 0.3 is 0 Å². The summed E-state index contributed by atoms with van der Waals surface area (Å²) in [4.78, 5) is 0.977. The molecule has 2 aromatic carbocycles. The van der Waals surface area contributed by atoms with E-state index in [-0.39, 0.29) is 0 Å². The smallest absolute Gasteiger partial charge is 0.133 e. The van der Waals surface area contributed by atoms with Crippen molar-refractivity contribution < 1.29 is 4.74 Å². The maximum absolute atomic E-state index is 5.68. The zero-order valence-corrected chi connectivity index (χ0v) is 13.3. The molecule has 2 rings (SSSR count). The van der Waals surface area contributed by atoms with E-state index < -0.39 is 0 Å². The van der Waals surface area contributed by atoms with Crippen molar-refractivity contribution in [2.24, 2.45) is 5.14 Å². The van der Waals surface area contributed by atoms with Gasteiger partial charge < -0.3 is 10.1 Å². The molecule has 0 heterocycles. The minimum absolute atomic E-state index is 0.397. The molecule has 3 nitrogen and oxygen atoms in total. The van der Waals surface area contributed by atoms with Gasteiger partial charge in [0.2, 0.25) is 0 Å². The highest BCUT2D eigenvalue weighted by Gasteiger charge is 2.07. The lowest BCUT2D eigenvalue weighted by atomic mass is 10.1. The molecule has 0 spiro atoms. The van der Waals surface area contributed by atoms with E-state index in [1.807, 2.05) is 12.1 Å². The number of hydrogen-bond acceptors (Lipinski definition) is 4. The molecule has 0 saturated heterocycles. The molecule has 0 aliphatic heterocycles. The summed E-state index contributed by atoms with van der Waals surface area (Å²) in [5.74, 6) is 0.830. The zero-order chi connectivity index (χ0) is 15.1. The van der Waals surface area contributed by atoms with Crippen LogP contribution in [0.1, 0.15) is 18.1 Å². The fourth-order valence-corrected chi connectivity index (χ4v) is 2.74. The minimum Gasteiger partial charge on any atom is -0.496 e. The van der Waals surface area contributed by atoms with Crippen molar-refractivity contribution in [3.05, 3.63) is 59.7 Å². The van der Waals surface area contributed by atoms with Gasteiger partial charge in [0, 0.05) is 12.6 Å². The molecule has 0 amide bonds. The summed E-state index contributed by atoms with van der Waals surface area (Å²) in [7, 11) is 1.67. The van der Waals surface area contributed by atoms with Gasteiger partial charge in [-0.2, -0.15) is 0 Å². The van der Waals surface area contributed by atoms with Crippen LogP contribution >= 0.6 is 11.9 Å². The van der Waals surface area contributed by atoms with Crippen LogP contribution < -0.4 is 15.2 Å². The fraction of sp³-hybridized carbons (Fsp3) is 0.294. The first-order chi connectivity index (χ1) is 10.2. The molecule has 3 N–H and O–H groups in total. The van der Waals surface area contributed by atoms with Crippen LogP contribution in [0.3, 0.4) is 0 Å². The van der Waals surface area contributed by atoms with Crippen molar-refractivity contribution in [3.63, 3.8) is 0 Å². The molecule has 0 fully saturated rings. The molecule has 0 saturated carbocycles. The summed E-state index contributed by atoms with van der Waals surface area (Å²) >= 11 is 1.23. The van der Waals surface area contributed by atoms with E-state index in [9.17, 15) is 0 Å². The average Bonchev–Trinajstić information content (AvgIpc) is 2.53. The lowest BCUT2D eigenvalue weighted by molar-refractivity contribution is 0.404. The van der Waals surface area contributed by atoms with Gasteiger partial charge in [-0.05, 0) is 48.6 Å². The Labute approximate surface area is 131 Å². The van der Waals surface area contributed by atoms with E-state index in [0.717, 1.165) is 23.6 Å². The summed E-state index contributed by atoms with van der Waals surface area (Å²) in [5, 5.41) is 9.23. The Morgan fingerprint density at radius 2 is 1.90 bits per heavy atom. The molecule has 4 heteroatoms. The predicted molar refractivity (Wildman–Crippen MR) is 89.5 cm³/mol. The van der Waals surface area contributed by atoms with E-state index in [0.29, 0.717) is 6.04 Å². The monoisotopic (exact) mass is 302 g/mol. The largest absolute Gasteiger partial charge is 0.496 e. The molecular weight excluding hydrogens is 280 g/mol. The van der Waals surface area contributed by atoms with Crippen LogP contribution in [-0.2, 0) is 13.0 Å². The van der Waals surface area contributed by atoms with E-state index in [1.54, 1.807) is 7.11 Å². The normalized spacial score (nSPS) is 12.1. The number of rotatable bonds is 7. The standard InChI is InChI=1S/C17H22N2OS/c1-13(19-12-14-6-4-3-5-7-14)10-15-8-9-16(20-2)17(11-15)21-18/h3-9,11,13,19H,10,12,18H2,1-2H3. The summed E-state index contributed by atoms with van der Waals surface area (Å²) in [6.07, 6.45) is 0.963. The molecule has 1 atom stereocenters. The Bertz CT molecular complexity index is 560. The maximum atomic E-state index is 5.68. The minimum atomic E-state index is 0.397. The number of benzene rings is 2. The first kappa shape index (κ1) is 15.9. The quantitative estimate of drug-likeness (QED) is 0.770. The second kappa shape index (κ2) is 8.08. The van der Waals surface area contributed by atoms with Crippen molar-refractivity contribution in [3.8, 4) is 5.75 Å². The highest BCUT2D eigenvalue weighted by molar-refractivity contribution is 7.97. The van der Waals surface area contributed by atoms with Crippen molar-refractivity contribution >= 4 is 11.9 Å². The van der Waals surface area contributed by atoms with Crippen LogP contribution in [0.2, 0.25) is 0 Å². The molecule has 1 unspecified atom stereocenters. The maximum Gasteiger partial charge on any atom is 0.133 e. The van der Waals surface area contributed by atoms with Crippen LogP contribution in [0.25, 0.3) is 0 Å². The highest BCUT2D eigenvalue weighted by atomic mass is 32.2. The van der Waals surface area contributed by atoms with E-state index in [1.165, 1.54) is 23.1 Å². The van der Waals surface area contributed by atoms with Crippen LogP contribution in [0.4, 0.5) is 0 Å². The van der Waals surface area contributed by atoms with E-state index in [4.69, 9.17) is 9.88 Å². The SMILES string of the molecule is COc1ccc(CC(C)NCc2ccccc2)cc1SN. The third kappa shape index (κ3) is 4.77. The topological polar surface area (TPSA) is 47.3 Å². The first-order valence-electron chi connectivity index (χ1n) is 7.04. The number of hydrogen-bond donors (Lipinski definition) is 2. The van der Waals surface area contributed by atoms with Gasteiger partial charge in [-0.15, -0.1) is 0 Å². The van der Waals surface area contributed by atoms with Gasteiger partial charge in [0.1, 0.15) is 5.75 Å². The van der Waals surface area contributed by atoms with E-state index >= 15 is 0 Å². The third-order valence-electron chi connectivity index (χ3n) is 3.39. The Kier molecular flexibility index (Phi) is 6.11. The van der Waals surface area contributed by atoms with Crippen molar-refractivity contribution in [1.82, 2.24) is 5.32 Å². The van der Waals surface area contributed by atoms with Gasteiger partial charge in [0.05, 0.1) is 12.0 Å². The second-order valence-electron chi connectivity index (χ2n) is 5.07. The van der Waals surface area contributed by atoms with Crippen LogP contribution in [0.15, 0.2) is 53.4 Å². The molecule has 0 aromatic heterocycles. The Morgan fingerprint density at radius 3 is 2.57 bits per heavy atom. The first-order valence-corrected chi connectivity index (χ1v) is 7.92. The average molecular weight is 302 g/mol. The third-order valence-corrected chi connectivity index (χ3v) is 3.97. The van der Waals surface area contributed by atoms with Crippen molar-refractivity contribution in [1.29, 1.82) is 0 Å². The van der Waals surface area contributed by atoms with E-state index in [2.05, 4.69) is 48.6 Å². The highest BCUT2D eigenvalue weighted by Crippen LogP contribution is 2.27. The van der Waals surface area contributed by atoms with Crippen LogP contribution in [0.5, 0.6) is 5.75 Å². The van der Waals surface area contributed by atoms with Crippen molar-refractivity contribution in [2.75, 3.05) is 7.11 Å². The van der Waals surface area contributed by atoms with Gasteiger partial charge in [0.25, 0.3) is 0 Å². The van der Waals surface area contributed by atoms with Crippen molar-refractivity contribution in [2.45, 2.75) is 30.8 Å². The summed E-state index contributed by atoms with van der Waals surface area (Å²) < 4.78 is 5.29. The molecule has 2 aromatic rings. The molecule has 112 valence electrons. The van der Waals surface area contributed by atoms with Crippen LogP contribution in [0, 0.1) is 0 Å². The molecule has 0 aliphatic carbocycles. The molecular formula is C17H22N2OS. The summed E-state index contributed by atoms with van der Waals surface area (Å²) in [5.41, 5.74) is 2.56. The van der Waals surface area contributed by atoms with Gasteiger partial charge in [-0.25, -0.2) is 0 Å². The summed E-state index contributed by atoms with van der Waals surface area (Å²) in [6, 6.07) is 17.0. The zero-order valence-electron chi connectivity index (χ0n) is 12.5. The molecule has 21 heavy (non-hydrogen) atoms. The second-order valence-corrected chi connectivity index (χ2v) is 5.75. The number of nitrogens with one attached hydrogen (secondary N) is 1.